The molecule has 4 rings (SSSR count). The summed E-state index contributed by atoms with van der Waals surface area (Å²) >= 11 is 0. The first-order valence-corrected chi connectivity index (χ1v) is 19.4. The van der Waals surface area contributed by atoms with Crippen LogP contribution in [-0.2, 0) is 33.5 Å². The minimum Gasteiger partial charge on any atom is -0.371 e. The molecule has 1 aliphatic carbocycles. The lowest BCUT2D eigenvalue weighted by atomic mass is 9.83. The standard InChI is InChI=1S/C41H54F2N6O8/c1-23(2)19-29(35(51)39(55)45-21-31(50)47-33(36(44)52)24-13-8-6-9-14-24)46-37(53)30-20-26(57-41(3,4)5)22-49(30)40(56)34(25-15-10-7-11-16-25)48-38(54)32-27(42)17-12-18-28(32)43/h6,8-9,12-14,17-18,23,25-26,29-30,33-34H,7,10-11,15-16,19-22H2,1-5H3,(H2,44,52)(H,45,55)(H,46,53)(H,47,50)(H,48,54)/t26-,29?,30+,33+,34+/m1/s1. The molecule has 1 saturated carbocycles. The molecule has 5 atom stereocenters. The van der Waals surface area contributed by atoms with E-state index in [0.717, 1.165) is 37.5 Å². The van der Waals surface area contributed by atoms with Crippen LogP contribution in [0.2, 0.25) is 0 Å². The molecule has 0 radical (unpaired) electrons. The van der Waals surface area contributed by atoms with Crippen molar-refractivity contribution < 1.29 is 47.1 Å². The van der Waals surface area contributed by atoms with Crippen molar-refractivity contribution in [1.82, 2.24) is 26.2 Å². The molecule has 1 unspecified atom stereocenters. The molecule has 1 heterocycles. The first kappa shape index (κ1) is 44.5. The van der Waals surface area contributed by atoms with Crippen LogP contribution >= 0.6 is 0 Å². The predicted molar refractivity (Wildman–Crippen MR) is 205 cm³/mol. The highest BCUT2D eigenvalue weighted by Crippen LogP contribution is 2.31. The predicted octanol–water partition coefficient (Wildman–Crippen LogP) is 2.99. The molecular weight excluding hydrogens is 742 g/mol. The van der Waals surface area contributed by atoms with E-state index in [1.165, 1.54) is 4.90 Å². The van der Waals surface area contributed by atoms with Gasteiger partial charge in [0.05, 0.1) is 24.3 Å². The van der Waals surface area contributed by atoms with Gasteiger partial charge in [0.15, 0.2) is 0 Å². The molecule has 310 valence electrons. The highest BCUT2D eigenvalue weighted by atomic mass is 19.1. The number of benzene rings is 2. The van der Waals surface area contributed by atoms with Crippen molar-refractivity contribution in [3.05, 3.63) is 71.3 Å². The molecule has 2 aromatic carbocycles. The number of likely N-dealkylation sites (tertiary alicyclic amines) is 1. The third-order valence-corrected chi connectivity index (χ3v) is 9.93. The number of nitrogens with one attached hydrogen (secondary N) is 4. The Morgan fingerprint density at radius 1 is 0.877 bits per heavy atom. The molecule has 2 aromatic rings. The largest absolute Gasteiger partial charge is 0.371 e. The Hall–Kier alpha value is -5.25. The van der Waals surface area contributed by atoms with Crippen LogP contribution in [0.1, 0.15) is 102 Å². The van der Waals surface area contributed by atoms with Crippen molar-refractivity contribution in [2.75, 3.05) is 13.1 Å². The molecule has 6 N–H and O–H groups in total. The van der Waals surface area contributed by atoms with Gasteiger partial charge in [-0.15, -0.1) is 0 Å². The Balaban J connectivity index is 1.54. The van der Waals surface area contributed by atoms with E-state index in [0.29, 0.717) is 18.4 Å². The highest BCUT2D eigenvalue weighted by molar-refractivity contribution is 6.38. The van der Waals surface area contributed by atoms with Crippen molar-refractivity contribution in [3.63, 3.8) is 0 Å². The Morgan fingerprint density at radius 3 is 2.09 bits per heavy atom. The van der Waals surface area contributed by atoms with Crippen molar-refractivity contribution in [2.45, 2.75) is 115 Å². The zero-order valence-corrected chi connectivity index (χ0v) is 33.1. The number of primary amides is 1. The molecule has 1 saturated heterocycles. The summed E-state index contributed by atoms with van der Waals surface area (Å²) in [5.74, 6) is -9.12. The molecule has 14 nitrogen and oxygen atoms in total. The zero-order valence-electron chi connectivity index (χ0n) is 33.1. The quantitative estimate of drug-likeness (QED) is 0.159. The number of nitrogens with zero attached hydrogens (tertiary/aromatic N) is 1. The summed E-state index contributed by atoms with van der Waals surface area (Å²) in [7, 11) is 0. The number of ether oxygens (including phenoxy) is 1. The maximum atomic E-state index is 14.7. The highest BCUT2D eigenvalue weighted by Gasteiger charge is 2.46. The second-order valence-corrected chi connectivity index (χ2v) is 16.1. The van der Waals surface area contributed by atoms with Gasteiger partial charge in [-0.2, -0.15) is 0 Å². The normalized spacial score (nSPS) is 18.9. The fourth-order valence-corrected chi connectivity index (χ4v) is 7.38. The molecule has 0 bridgehead atoms. The van der Waals surface area contributed by atoms with E-state index < -0.39 is 107 Å². The van der Waals surface area contributed by atoms with Gasteiger partial charge in [0.25, 0.3) is 11.8 Å². The van der Waals surface area contributed by atoms with Gasteiger partial charge in [0.2, 0.25) is 29.4 Å². The minimum atomic E-state index is -1.36. The summed E-state index contributed by atoms with van der Waals surface area (Å²) in [6, 6.07) is 6.23. The van der Waals surface area contributed by atoms with Gasteiger partial charge in [-0.1, -0.05) is 69.5 Å². The summed E-state index contributed by atoms with van der Waals surface area (Å²) < 4.78 is 35.5. The number of carbonyl (C=O) groups excluding carboxylic acids is 7. The number of carbonyl (C=O) groups is 7. The van der Waals surface area contributed by atoms with Crippen LogP contribution in [-0.4, -0.2) is 89.0 Å². The molecule has 0 aromatic heterocycles. The summed E-state index contributed by atoms with van der Waals surface area (Å²) in [5.41, 5.74) is 4.38. The van der Waals surface area contributed by atoms with E-state index in [-0.39, 0.29) is 25.3 Å². The SMILES string of the molecule is CC(C)CC(NC(=O)[C@@H]1C[C@@H](OC(C)(C)C)CN1C(=O)[C@@H](NC(=O)c1c(F)cccc1F)C1CCCCC1)C(=O)C(=O)NCC(=O)N[C@H](C(N)=O)c1ccccc1. The van der Waals surface area contributed by atoms with Gasteiger partial charge in [0.1, 0.15) is 35.3 Å². The molecule has 57 heavy (non-hydrogen) atoms. The van der Waals surface area contributed by atoms with Gasteiger partial charge in [-0.05, 0) is 69.6 Å². The lowest BCUT2D eigenvalue weighted by molar-refractivity contribution is -0.143. The molecular formula is C41H54F2N6O8. The van der Waals surface area contributed by atoms with E-state index in [4.69, 9.17) is 10.5 Å². The maximum Gasteiger partial charge on any atom is 0.290 e. The Labute approximate surface area is 331 Å². The molecule has 6 amide bonds. The van der Waals surface area contributed by atoms with Crippen molar-refractivity contribution in [1.29, 1.82) is 0 Å². The maximum absolute atomic E-state index is 14.7. The monoisotopic (exact) mass is 796 g/mol. The lowest BCUT2D eigenvalue weighted by Crippen LogP contribution is -2.58. The fraction of sp³-hybridized carbons (Fsp3) is 0.537. The fourth-order valence-electron chi connectivity index (χ4n) is 7.38. The molecule has 0 spiro atoms. The van der Waals surface area contributed by atoms with Gasteiger partial charge in [0, 0.05) is 13.0 Å². The van der Waals surface area contributed by atoms with E-state index in [9.17, 15) is 42.3 Å². The van der Waals surface area contributed by atoms with Crippen LogP contribution in [0.3, 0.4) is 0 Å². The van der Waals surface area contributed by atoms with Gasteiger partial charge >= 0.3 is 0 Å². The third kappa shape index (κ3) is 12.4. The van der Waals surface area contributed by atoms with Gasteiger partial charge in [-0.25, -0.2) is 8.78 Å². The summed E-state index contributed by atoms with van der Waals surface area (Å²) in [6.45, 7) is 8.26. The van der Waals surface area contributed by atoms with Gasteiger partial charge < -0.3 is 36.6 Å². The summed E-state index contributed by atoms with van der Waals surface area (Å²) in [4.78, 5) is 94.8. The number of ketones is 1. The summed E-state index contributed by atoms with van der Waals surface area (Å²) in [5, 5.41) is 9.91. The van der Waals surface area contributed by atoms with E-state index in [1.807, 2.05) is 20.8 Å². The summed E-state index contributed by atoms with van der Waals surface area (Å²) in [6.07, 6.45) is 2.94. The first-order chi connectivity index (χ1) is 26.9. The second-order valence-electron chi connectivity index (χ2n) is 16.1. The third-order valence-electron chi connectivity index (χ3n) is 9.93. The zero-order chi connectivity index (χ0) is 42.0. The Kier molecular flexibility index (Phi) is 15.4. The number of nitrogens with two attached hydrogens (primary N) is 1. The van der Waals surface area contributed by atoms with Crippen LogP contribution in [0.5, 0.6) is 0 Å². The molecule has 1 aliphatic heterocycles. The van der Waals surface area contributed by atoms with Crippen LogP contribution in [0.25, 0.3) is 0 Å². The number of amides is 6. The Morgan fingerprint density at radius 2 is 1.51 bits per heavy atom. The first-order valence-electron chi connectivity index (χ1n) is 19.4. The number of rotatable bonds is 16. The number of hydrogen-bond acceptors (Lipinski definition) is 8. The van der Waals surface area contributed by atoms with E-state index >= 15 is 0 Å². The van der Waals surface area contributed by atoms with Crippen molar-refractivity contribution in [2.24, 2.45) is 17.6 Å². The van der Waals surface area contributed by atoms with Crippen LogP contribution in [0.4, 0.5) is 8.78 Å². The van der Waals surface area contributed by atoms with E-state index in [2.05, 4.69) is 21.3 Å². The minimum absolute atomic E-state index is 0.0134. The number of halogens is 2. The molecule has 2 aliphatic rings. The smallest absolute Gasteiger partial charge is 0.290 e. The average Bonchev–Trinajstić information content (AvgIpc) is 3.57. The molecule has 2 fully saturated rings. The Bertz CT molecular complexity index is 1780. The lowest BCUT2D eigenvalue weighted by Gasteiger charge is -2.35. The number of Topliss-reactive ketones (excluding diaryl/α,β-unsaturated/α-hetero) is 1. The van der Waals surface area contributed by atoms with Crippen LogP contribution in [0.15, 0.2) is 48.5 Å². The van der Waals surface area contributed by atoms with Crippen molar-refractivity contribution in [3.8, 4) is 0 Å². The average molecular weight is 797 g/mol. The second kappa shape index (κ2) is 19.7. The van der Waals surface area contributed by atoms with Crippen LogP contribution in [0, 0.1) is 23.5 Å². The topological polar surface area (TPSA) is 206 Å². The molecule has 16 heteroatoms. The van der Waals surface area contributed by atoms with Crippen molar-refractivity contribution >= 4 is 41.2 Å². The van der Waals surface area contributed by atoms with E-state index in [1.54, 1.807) is 44.2 Å². The van der Waals surface area contributed by atoms with Crippen LogP contribution < -0.4 is 27.0 Å². The number of hydrogen-bond donors (Lipinski definition) is 5. The van der Waals surface area contributed by atoms with Gasteiger partial charge in [-0.3, -0.25) is 33.6 Å².